The molecule has 1 heterocycles. The van der Waals surface area contributed by atoms with Gasteiger partial charge in [0.1, 0.15) is 6.04 Å². The number of nitrogens with one attached hydrogen (secondary N) is 2. The molecule has 1 atom stereocenters. The molecule has 1 aromatic rings. The van der Waals surface area contributed by atoms with Crippen LogP contribution in [-0.2, 0) is 10.0 Å². The smallest absolute Gasteiger partial charge is 0.314 e. The average molecular weight is 372 g/mol. The molecule has 0 amide bonds. The Balaban J connectivity index is 2.09. The molecule has 1 unspecified atom stereocenters. The number of sulfonamides is 1. The number of nitrogens with zero attached hydrogens (tertiary/aromatic N) is 1. The summed E-state index contributed by atoms with van der Waals surface area (Å²) in [5.41, 5.74) is 0. The van der Waals surface area contributed by atoms with Gasteiger partial charge >= 0.3 is 6.18 Å². The zero-order valence-electron chi connectivity index (χ0n) is 12.1. The summed E-state index contributed by atoms with van der Waals surface area (Å²) < 4.78 is 65.9. The lowest BCUT2D eigenvalue weighted by Gasteiger charge is -2.35. The van der Waals surface area contributed by atoms with Crippen LogP contribution >= 0.6 is 11.6 Å². The maximum atomic E-state index is 13.2. The second-order valence-electron chi connectivity index (χ2n) is 5.15. The predicted molar refractivity (Wildman–Crippen MR) is 80.9 cm³/mol. The number of alkyl halides is 3. The van der Waals surface area contributed by atoms with Gasteiger partial charge in [0.2, 0.25) is 10.0 Å². The molecule has 2 rings (SSSR count). The summed E-state index contributed by atoms with van der Waals surface area (Å²) in [5, 5.41) is 3.31. The molecule has 23 heavy (non-hydrogen) atoms. The quantitative estimate of drug-likeness (QED) is 0.822. The molecule has 1 saturated heterocycles. The normalized spacial score (nSPS) is 18.8. The van der Waals surface area contributed by atoms with Crippen molar-refractivity contribution in [2.45, 2.75) is 17.1 Å². The van der Waals surface area contributed by atoms with Gasteiger partial charge in [-0.25, -0.2) is 13.1 Å². The molecule has 0 spiro atoms. The lowest BCUT2D eigenvalue weighted by Crippen LogP contribution is -2.57. The van der Waals surface area contributed by atoms with Crippen LogP contribution in [0.2, 0.25) is 5.02 Å². The summed E-state index contributed by atoms with van der Waals surface area (Å²) in [4.78, 5) is 1.11. The van der Waals surface area contributed by atoms with E-state index in [0.29, 0.717) is 18.1 Å². The van der Waals surface area contributed by atoms with Gasteiger partial charge in [-0.1, -0.05) is 11.6 Å². The minimum absolute atomic E-state index is 0.122. The fourth-order valence-electron chi connectivity index (χ4n) is 2.33. The first-order valence-corrected chi connectivity index (χ1v) is 8.83. The van der Waals surface area contributed by atoms with E-state index in [4.69, 9.17) is 11.6 Å². The van der Waals surface area contributed by atoms with Gasteiger partial charge in [-0.05, 0) is 24.3 Å². The highest BCUT2D eigenvalue weighted by Gasteiger charge is 2.44. The summed E-state index contributed by atoms with van der Waals surface area (Å²) in [6.07, 6.45) is -4.51. The van der Waals surface area contributed by atoms with Gasteiger partial charge in [0.15, 0.2) is 0 Å². The van der Waals surface area contributed by atoms with Crippen molar-refractivity contribution in [2.75, 3.05) is 32.7 Å². The topological polar surface area (TPSA) is 61.4 Å². The lowest BCUT2D eigenvalue weighted by atomic mass is 10.2. The summed E-state index contributed by atoms with van der Waals surface area (Å²) in [7, 11) is -4.02. The highest BCUT2D eigenvalue weighted by atomic mass is 35.5. The van der Waals surface area contributed by atoms with Crippen molar-refractivity contribution in [3.63, 3.8) is 0 Å². The molecule has 1 aromatic carbocycles. The third-order valence-electron chi connectivity index (χ3n) is 3.56. The molecule has 130 valence electrons. The first-order chi connectivity index (χ1) is 10.7. The van der Waals surface area contributed by atoms with E-state index < -0.39 is 28.8 Å². The molecule has 0 saturated carbocycles. The first-order valence-electron chi connectivity index (χ1n) is 6.97. The summed E-state index contributed by atoms with van der Waals surface area (Å²) in [6, 6.07) is 3.38. The number of hydrogen-bond donors (Lipinski definition) is 2. The van der Waals surface area contributed by atoms with Crippen LogP contribution in [0.5, 0.6) is 0 Å². The van der Waals surface area contributed by atoms with Gasteiger partial charge in [0.05, 0.1) is 4.90 Å². The number of benzene rings is 1. The molecular weight excluding hydrogens is 355 g/mol. The van der Waals surface area contributed by atoms with Crippen LogP contribution in [0.1, 0.15) is 0 Å². The van der Waals surface area contributed by atoms with Crippen LogP contribution < -0.4 is 10.0 Å². The second-order valence-corrected chi connectivity index (χ2v) is 7.35. The third-order valence-corrected chi connectivity index (χ3v) is 5.25. The molecule has 1 aliphatic heterocycles. The zero-order chi connectivity index (χ0) is 17.1. The van der Waals surface area contributed by atoms with Gasteiger partial charge in [0.25, 0.3) is 0 Å². The van der Waals surface area contributed by atoms with Crippen molar-refractivity contribution >= 4 is 21.6 Å². The van der Waals surface area contributed by atoms with Crippen molar-refractivity contribution in [1.82, 2.24) is 14.9 Å². The average Bonchev–Trinajstić information content (AvgIpc) is 2.47. The molecular formula is C13H17ClF3N3O2S. The van der Waals surface area contributed by atoms with E-state index in [1.54, 1.807) is 0 Å². The van der Waals surface area contributed by atoms with E-state index in [1.807, 2.05) is 4.72 Å². The van der Waals surface area contributed by atoms with Crippen LogP contribution in [0.4, 0.5) is 13.2 Å². The molecule has 1 fully saturated rings. The van der Waals surface area contributed by atoms with Crippen LogP contribution in [0, 0.1) is 0 Å². The van der Waals surface area contributed by atoms with Crippen molar-refractivity contribution < 1.29 is 21.6 Å². The Morgan fingerprint density at radius 2 is 1.78 bits per heavy atom. The number of halogens is 4. The molecule has 5 nitrogen and oxygen atoms in total. The summed E-state index contributed by atoms with van der Waals surface area (Å²) in [5.74, 6) is 0. The first kappa shape index (κ1) is 18.5. The Labute approximate surface area is 137 Å². The van der Waals surface area contributed by atoms with Crippen molar-refractivity contribution in [2.24, 2.45) is 0 Å². The molecule has 2 N–H and O–H groups in total. The Hall–Kier alpha value is -0.870. The molecule has 0 aromatic heterocycles. The van der Waals surface area contributed by atoms with Gasteiger partial charge in [-0.3, -0.25) is 4.90 Å². The molecule has 0 aliphatic carbocycles. The minimum atomic E-state index is -4.51. The zero-order valence-corrected chi connectivity index (χ0v) is 13.7. The van der Waals surface area contributed by atoms with Crippen LogP contribution in [0.25, 0.3) is 0 Å². The fraction of sp³-hybridized carbons (Fsp3) is 0.538. The van der Waals surface area contributed by atoms with Crippen molar-refractivity contribution in [3.05, 3.63) is 29.3 Å². The lowest BCUT2D eigenvalue weighted by molar-refractivity contribution is -0.182. The SMILES string of the molecule is O=S(=O)(NCC(N1CCNCC1)C(F)(F)F)c1ccc(Cl)cc1. The van der Waals surface area contributed by atoms with Crippen LogP contribution in [0.3, 0.4) is 0 Å². The number of hydrogen-bond acceptors (Lipinski definition) is 4. The van der Waals surface area contributed by atoms with Crippen molar-refractivity contribution in [3.8, 4) is 0 Å². The maximum Gasteiger partial charge on any atom is 0.405 e. The predicted octanol–water partition coefficient (Wildman–Crippen LogP) is 1.45. The van der Waals surface area contributed by atoms with E-state index in [2.05, 4.69) is 5.32 Å². The molecule has 1 aliphatic rings. The van der Waals surface area contributed by atoms with Crippen LogP contribution in [0.15, 0.2) is 29.2 Å². The Morgan fingerprint density at radius 3 is 2.30 bits per heavy atom. The van der Waals surface area contributed by atoms with Crippen LogP contribution in [-0.4, -0.2) is 58.3 Å². The minimum Gasteiger partial charge on any atom is -0.314 e. The number of rotatable bonds is 5. The highest BCUT2D eigenvalue weighted by Crippen LogP contribution is 2.25. The molecule has 10 heteroatoms. The van der Waals surface area contributed by atoms with Gasteiger partial charge in [-0.15, -0.1) is 0 Å². The van der Waals surface area contributed by atoms with Crippen molar-refractivity contribution in [1.29, 1.82) is 0 Å². The van der Waals surface area contributed by atoms with E-state index in [1.165, 1.54) is 29.2 Å². The Kier molecular flexibility index (Phi) is 5.90. The molecule has 0 bridgehead atoms. The third kappa shape index (κ3) is 5.05. The van der Waals surface area contributed by atoms with E-state index in [-0.39, 0.29) is 18.0 Å². The largest absolute Gasteiger partial charge is 0.405 e. The monoisotopic (exact) mass is 371 g/mol. The molecule has 0 radical (unpaired) electrons. The summed E-state index contributed by atoms with van der Waals surface area (Å²) in [6.45, 7) is 0.585. The number of piperazine rings is 1. The highest BCUT2D eigenvalue weighted by molar-refractivity contribution is 7.89. The maximum absolute atomic E-state index is 13.2. The van der Waals surface area contributed by atoms with E-state index >= 15 is 0 Å². The fourth-order valence-corrected chi connectivity index (χ4v) is 3.50. The second kappa shape index (κ2) is 7.35. The van der Waals surface area contributed by atoms with Gasteiger partial charge in [0, 0.05) is 37.7 Å². The van der Waals surface area contributed by atoms with E-state index in [9.17, 15) is 21.6 Å². The summed E-state index contributed by atoms with van der Waals surface area (Å²) >= 11 is 5.67. The van der Waals surface area contributed by atoms with Gasteiger partial charge in [-0.2, -0.15) is 13.2 Å². The van der Waals surface area contributed by atoms with E-state index in [0.717, 1.165) is 0 Å². The van der Waals surface area contributed by atoms with Gasteiger partial charge < -0.3 is 5.32 Å². The standard InChI is InChI=1S/C13H17ClF3N3O2S/c14-10-1-3-11(4-2-10)23(21,22)19-9-12(13(15,16)17)20-7-5-18-6-8-20/h1-4,12,18-19H,5-9H2. The Bertz CT molecular complexity index is 616. The Morgan fingerprint density at radius 1 is 1.22 bits per heavy atom.